The molecule has 0 aliphatic carbocycles. The van der Waals surface area contributed by atoms with Gasteiger partial charge in [-0.3, -0.25) is 8.98 Å². The van der Waals surface area contributed by atoms with Gasteiger partial charge in [0, 0.05) is 24.2 Å². The SMILES string of the molecule is C=C1CCCN1C(C)CC(CC)C(=O)NC(C)(C)CS(=O)(=O)OC. The molecule has 0 radical (unpaired) electrons. The normalized spacial score (nSPS) is 18.5. The van der Waals surface area contributed by atoms with Crippen molar-refractivity contribution < 1.29 is 17.4 Å². The van der Waals surface area contributed by atoms with Gasteiger partial charge in [0.15, 0.2) is 0 Å². The minimum absolute atomic E-state index is 0.106. The van der Waals surface area contributed by atoms with Crippen LogP contribution >= 0.6 is 0 Å². The van der Waals surface area contributed by atoms with Crippen LogP contribution < -0.4 is 5.32 Å². The first-order valence-electron chi connectivity index (χ1n) is 8.56. The van der Waals surface area contributed by atoms with E-state index in [1.165, 1.54) is 0 Å². The molecule has 1 saturated heterocycles. The monoisotopic (exact) mass is 360 g/mol. The van der Waals surface area contributed by atoms with Gasteiger partial charge in [0.2, 0.25) is 5.91 Å². The van der Waals surface area contributed by atoms with Crippen molar-refractivity contribution in [3.05, 3.63) is 12.3 Å². The highest BCUT2D eigenvalue weighted by atomic mass is 32.2. The molecule has 0 aromatic heterocycles. The van der Waals surface area contributed by atoms with Crippen LogP contribution in [-0.4, -0.2) is 50.2 Å². The molecule has 1 fully saturated rings. The molecule has 24 heavy (non-hydrogen) atoms. The smallest absolute Gasteiger partial charge is 0.269 e. The first-order valence-corrected chi connectivity index (χ1v) is 10.1. The molecule has 1 aliphatic rings. The molecule has 1 N–H and O–H groups in total. The number of allylic oxidation sites excluding steroid dienone is 1. The Morgan fingerprint density at radius 2 is 2.08 bits per heavy atom. The quantitative estimate of drug-likeness (QED) is 0.638. The molecule has 7 heteroatoms. The van der Waals surface area contributed by atoms with Crippen LogP contribution in [0.5, 0.6) is 0 Å². The van der Waals surface area contributed by atoms with Crippen molar-refractivity contribution in [1.29, 1.82) is 0 Å². The highest BCUT2D eigenvalue weighted by Crippen LogP contribution is 2.26. The summed E-state index contributed by atoms with van der Waals surface area (Å²) < 4.78 is 27.8. The summed E-state index contributed by atoms with van der Waals surface area (Å²) in [6.07, 6.45) is 3.58. The van der Waals surface area contributed by atoms with Crippen LogP contribution in [0, 0.1) is 5.92 Å². The molecule has 1 amide bonds. The minimum Gasteiger partial charge on any atom is -0.373 e. The Hall–Kier alpha value is -1.08. The molecule has 0 spiro atoms. The molecule has 1 rings (SSSR count). The van der Waals surface area contributed by atoms with E-state index in [1.54, 1.807) is 13.8 Å². The van der Waals surface area contributed by atoms with Gasteiger partial charge in [-0.2, -0.15) is 8.42 Å². The average Bonchev–Trinajstić information content (AvgIpc) is 2.88. The Morgan fingerprint density at radius 1 is 1.46 bits per heavy atom. The number of rotatable bonds is 9. The van der Waals surface area contributed by atoms with Gasteiger partial charge >= 0.3 is 0 Å². The van der Waals surface area contributed by atoms with Gasteiger partial charge in [-0.15, -0.1) is 0 Å². The standard InChI is InChI=1S/C17H32N2O4S/c1-7-15(11-14(3)19-10-8-9-13(19)2)16(20)18-17(4,5)12-24(21,22)23-6/h14-15H,2,7-12H2,1,3-6H3,(H,18,20). The lowest BCUT2D eigenvalue weighted by atomic mass is 9.95. The molecule has 2 atom stereocenters. The highest BCUT2D eigenvalue weighted by Gasteiger charge is 2.32. The third kappa shape index (κ3) is 6.09. The van der Waals surface area contributed by atoms with Gasteiger partial charge in [0.25, 0.3) is 10.1 Å². The lowest BCUT2D eigenvalue weighted by molar-refractivity contribution is -0.127. The van der Waals surface area contributed by atoms with Crippen LogP contribution in [0.2, 0.25) is 0 Å². The molecule has 0 aromatic rings. The predicted octanol–water partition coefficient (Wildman–Crippen LogP) is 2.27. The van der Waals surface area contributed by atoms with Crippen molar-refractivity contribution >= 4 is 16.0 Å². The van der Waals surface area contributed by atoms with Gasteiger partial charge in [-0.05, 0) is 46.5 Å². The molecule has 1 heterocycles. The summed E-state index contributed by atoms with van der Waals surface area (Å²) in [5, 5.41) is 2.87. The Morgan fingerprint density at radius 3 is 2.54 bits per heavy atom. The molecular formula is C17H32N2O4S. The Kier molecular flexibility index (Phi) is 7.28. The number of carbonyl (C=O) groups excluding carboxylic acids is 1. The van der Waals surface area contributed by atoms with E-state index in [-0.39, 0.29) is 23.6 Å². The molecule has 6 nitrogen and oxygen atoms in total. The third-order valence-electron chi connectivity index (χ3n) is 4.54. The summed E-state index contributed by atoms with van der Waals surface area (Å²) in [7, 11) is -2.50. The number of nitrogens with zero attached hydrogens (tertiary/aromatic N) is 1. The second-order valence-electron chi connectivity index (χ2n) is 7.29. The van der Waals surface area contributed by atoms with Gasteiger partial charge in [0.1, 0.15) is 0 Å². The van der Waals surface area contributed by atoms with Gasteiger partial charge in [0.05, 0.1) is 18.4 Å². The zero-order valence-corrected chi connectivity index (χ0v) is 16.4. The first-order chi connectivity index (χ1) is 11.0. The average molecular weight is 361 g/mol. The van der Waals surface area contributed by atoms with Crippen molar-refractivity contribution in [2.75, 3.05) is 19.4 Å². The number of nitrogens with one attached hydrogen (secondary N) is 1. The fourth-order valence-corrected chi connectivity index (χ4v) is 4.33. The van der Waals surface area contributed by atoms with Crippen LogP contribution in [0.25, 0.3) is 0 Å². The van der Waals surface area contributed by atoms with Gasteiger partial charge < -0.3 is 10.2 Å². The molecule has 0 bridgehead atoms. The van der Waals surface area contributed by atoms with Crippen LogP contribution in [0.15, 0.2) is 12.3 Å². The molecule has 0 saturated carbocycles. The number of amides is 1. The van der Waals surface area contributed by atoms with E-state index < -0.39 is 15.7 Å². The number of carbonyl (C=O) groups is 1. The predicted molar refractivity (Wildman–Crippen MR) is 96.0 cm³/mol. The molecule has 1 aliphatic heterocycles. The van der Waals surface area contributed by atoms with Gasteiger partial charge in [-0.1, -0.05) is 13.5 Å². The summed E-state index contributed by atoms with van der Waals surface area (Å²) in [6.45, 7) is 12.6. The molecule has 140 valence electrons. The number of hydrogen-bond donors (Lipinski definition) is 1. The second-order valence-corrected chi connectivity index (χ2v) is 9.03. The van der Waals surface area contributed by atoms with Crippen molar-refractivity contribution in [2.24, 2.45) is 5.92 Å². The minimum atomic E-state index is -3.63. The van der Waals surface area contributed by atoms with E-state index in [1.807, 2.05) is 6.92 Å². The summed E-state index contributed by atoms with van der Waals surface area (Å²) >= 11 is 0. The fourth-order valence-electron chi connectivity index (χ4n) is 3.26. The Labute approximate surface area is 146 Å². The maximum absolute atomic E-state index is 12.6. The van der Waals surface area contributed by atoms with Crippen LogP contribution in [0.4, 0.5) is 0 Å². The van der Waals surface area contributed by atoms with Crippen LogP contribution in [0.1, 0.15) is 53.4 Å². The van der Waals surface area contributed by atoms with E-state index >= 15 is 0 Å². The molecule has 2 unspecified atom stereocenters. The van der Waals surface area contributed by atoms with Crippen molar-refractivity contribution in [3.63, 3.8) is 0 Å². The summed E-state index contributed by atoms with van der Waals surface area (Å²) in [6, 6.07) is 0.251. The summed E-state index contributed by atoms with van der Waals surface area (Å²) in [5.41, 5.74) is 0.268. The van der Waals surface area contributed by atoms with Crippen LogP contribution in [-0.2, 0) is 19.1 Å². The molecular weight excluding hydrogens is 328 g/mol. The zero-order chi connectivity index (χ0) is 18.5. The Balaban J connectivity index is 2.67. The van der Waals surface area contributed by atoms with Crippen molar-refractivity contribution in [2.45, 2.75) is 65.0 Å². The third-order valence-corrected chi connectivity index (χ3v) is 6.13. The maximum atomic E-state index is 12.6. The van der Waals surface area contributed by atoms with Crippen LogP contribution in [0.3, 0.4) is 0 Å². The topological polar surface area (TPSA) is 75.7 Å². The van der Waals surface area contributed by atoms with E-state index in [2.05, 4.69) is 27.9 Å². The summed E-state index contributed by atoms with van der Waals surface area (Å²) in [4.78, 5) is 14.9. The lowest BCUT2D eigenvalue weighted by Crippen LogP contribution is -2.51. The second kappa shape index (κ2) is 8.34. The number of hydrogen-bond acceptors (Lipinski definition) is 5. The van der Waals surface area contributed by atoms with E-state index in [0.717, 1.165) is 38.6 Å². The van der Waals surface area contributed by atoms with E-state index in [4.69, 9.17) is 0 Å². The zero-order valence-electron chi connectivity index (χ0n) is 15.6. The van der Waals surface area contributed by atoms with E-state index in [9.17, 15) is 13.2 Å². The largest absolute Gasteiger partial charge is 0.373 e. The highest BCUT2D eigenvalue weighted by molar-refractivity contribution is 7.86. The first kappa shape index (κ1) is 21.0. The number of likely N-dealkylation sites (tertiary alicyclic amines) is 1. The van der Waals surface area contributed by atoms with E-state index in [0.29, 0.717) is 6.42 Å². The fraction of sp³-hybridized carbons (Fsp3) is 0.824. The molecule has 0 aromatic carbocycles. The lowest BCUT2D eigenvalue weighted by Gasteiger charge is -2.32. The van der Waals surface area contributed by atoms with Gasteiger partial charge in [-0.25, -0.2) is 0 Å². The summed E-state index contributed by atoms with van der Waals surface area (Å²) in [5.74, 6) is -0.514. The maximum Gasteiger partial charge on any atom is 0.269 e. The van der Waals surface area contributed by atoms with Crippen molar-refractivity contribution in [3.8, 4) is 0 Å². The van der Waals surface area contributed by atoms with Crippen molar-refractivity contribution in [1.82, 2.24) is 10.2 Å². The Bertz CT molecular complexity index is 557.